The minimum absolute atomic E-state index is 0.226. The number of carboxylic acid groups (broad SMARTS) is 1. The van der Waals surface area contributed by atoms with Crippen LogP contribution in [0, 0.1) is 6.92 Å². The van der Waals surface area contributed by atoms with Crippen LogP contribution < -0.4 is 10.6 Å². The molecule has 0 spiro atoms. The molecule has 2 atom stereocenters. The van der Waals surface area contributed by atoms with Gasteiger partial charge in [0.2, 0.25) is 0 Å². The molecular weight excluding hydrogens is 272 g/mol. The smallest absolute Gasteiger partial charge is 0.332 e. The van der Waals surface area contributed by atoms with Gasteiger partial charge in [0.05, 0.1) is 6.10 Å². The number of benzene rings is 1. The van der Waals surface area contributed by atoms with Gasteiger partial charge in [-0.1, -0.05) is 29.8 Å². The Morgan fingerprint density at radius 3 is 2.81 bits per heavy atom. The zero-order chi connectivity index (χ0) is 15.2. The molecule has 0 aromatic heterocycles. The van der Waals surface area contributed by atoms with Crippen LogP contribution in [0.25, 0.3) is 0 Å². The van der Waals surface area contributed by atoms with Crippen LogP contribution in [0.5, 0.6) is 0 Å². The lowest BCUT2D eigenvalue weighted by Gasteiger charge is -2.13. The molecule has 1 fully saturated rings. The van der Waals surface area contributed by atoms with Crippen LogP contribution in [0.15, 0.2) is 24.3 Å². The van der Waals surface area contributed by atoms with Crippen molar-refractivity contribution >= 4 is 12.0 Å². The summed E-state index contributed by atoms with van der Waals surface area (Å²) in [7, 11) is 0. The highest BCUT2D eigenvalue weighted by molar-refractivity contribution is 5.74. The molecule has 0 bridgehead atoms. The van der Waals surface area contributed by atoms with Gasteiger partial charge in [-0.2, -0.15) is 0 Å². The maximum absolute atomic E-state index is 11.7. The summed E-state index contributed by atoms with van der Waals surface area (Å²) in [6.07, 6.45) is 0.171. The molecule has 2 unspecified atom stereocenters. The van der Waals surface area contributed by atoms with Gasteiger partial charge < -0.3 is 20.5 Å². The molecule has 3 N–H and O–H groups in total. The Morgan fingerprint density at radius 2 is 2.14 bits per heavy atom. The Bertz CT molecular complexity index is 518. The van der Waals surface area contributed by atoms with Gasteiger partial charge >= 0.3 is 12.0 Å². The number of hydrogen-bond donors (Lipinski definition) is 3. The normalized spacial score (nSPS) is 21.0. The van der Waals surface area contributed by atoms with Gasteiger partial charge in [0.15, 0.2) is 6.10 Å². The molecule has 2 rings (SSSR count). The maximum Gasteiger partial charge on any atom is 0.332 e. The number of carboxylic acids is 1. The Morgan fingerprint density at radius 1 is 1.33 bits per heavy atom. The number of aryl methyl sites for hydroxylation is 1. The van der Waals surface area contributed by atoms with Gasteiger partial charge in [0.1, 0.15) is 0 Å². The van der Waals surface area contributed by atoms with Crippen LogP contribution in [0.3, 0.4) is 0 Å². The molecule has 114 valence electrons. The van der Waals surface area contributed by atoms with Crippen molar-refractivity contribution < 1.29 is 19.4 Å². The summed E-state index contributed by atoms with van der Waals surface area (Å²) in [5.41, 5.74) is 2.18. The number of carbonyl (C=O) groups is 2. The zero-order valence-electron chi connectivity index (χ0n) is 12.0. The second-order valence-corrected chi connectivity index (χ2v) is 5.21. The molecule has 6 nitrogen and oxygen atoms in total. The SMILES string of the molecule is Cc1cccc(CNC(=O)NCC2CCC(C(=O)O)O2)c1. The van der Waals surface area contributed by atoms with E-state index in [1.54, 1.807) is 0 Å². The van der Waals surface area contributed by atoms with E-state index in [0.717, 1.165) is 11.1 Å². The van der Waals surface area contributed by atoms with Crippen molar-refractivity contribution in [3.8, 4) is 0 Å². The minimum Gasteiger partial charge on any atom is -0.479 e. The van der Waals surface area contributed by atoms with Gasteiger partial charge in [-0.25, -0.2) is 9.59 Å². The van der Waals surface area contributed by atoms with E-state index >= 15 is 0 Å². The average Bonchev–Trinajstić information content (AvgIpc) is 2.92. The molecular formula is C15H20N2O4. The largest absolute Gasteiger partial charge is 0.479 e. The number of carbonyl (C=O) groups excluding carboxylic acids is 1. The summed E-state index contributed by atoms with van der Waals surface area (Å²) in [6, 6.07) is 7.63. The Kier molecular flexibility index (Phi) is 5.16. The number of aliphatic carboxylic acids is 1. The molecule has 1 aliphatic rings. The summed E-state index contributed by atoms with van der Waals surface area (Å²) < 4.78 is 5.31. The summed E-state index contributed by atoms with van der Waals surface area (Å²) in [5, 5.41) is 14.3. The second kappa shape index (κ2) is 7.08. The first-order chi connectivity index (χ1) is 10.0. The molecule has 2 amide bonds. The van der Waals surface area contributed by atoms with Gasteiger partial charge in [-0.05, 0) is 25.3 Å². The van der Waals surface area contributed by atoms with E-state index in [2.05, 4.69) is 10.6 Å². The zero-order valence-corrected chi connectivity index (χ0v) is 12.0. The number of ether oxygens (including phenoxy) is 1. The van der Waals surface area contributed by atoms with Gasteiger partial charge in [-0.3, -0.25) is 0 Å². The Labute approximate surface area is 123 Å². The molecule has 21 heavy (non-hydrogen) atoms. The highest BCUT2D eigenvalue weighted by Gasteiger charge is 2.30. The second-order valence-electron chi connectivity index (χ2n) is 5.21. The molecule has 1 aliphatic heterocycles. The van der Waals surface area contributed by atoms with Crippen LogP contribution in [0.2, 0.25) is 0 Å². The standard InChI is InChI=1S/C15H20N2O4/c1-10-3-2-4-11(7-10)8-16-15(20)17-9-12-5-6-13(21-12)14(18)19/h2-4,7,12-13H,5-6,8-9H2,1H3,(H,18,19)(H2,16,17,20). The summed E-state index contributed by atoms with van der Waals surface area (Å²) in [4.78, 5) is 22.4. The molecule has 0 radical (unpaired) electrons. The van der Waals surface area contributed by atoms with E-state index in [9.17, 15) is 9.59 Å². The first-order valence-corrected chi connectivity index (χ1v) is 7.00. The lowest BCUT2D eigenvalue weighted by atomic mass is 10.1. The van der Waals surface area contributed by atoms with E-state index in [4.69, 9.17) is 9.84 Å². The number of amides is 2. The predicted octanol–water partition coefficient (Wildman–Crippen LogP) is 1.43. The molecule has 1 heterocycles. The maximum atomic E-state index is 11.7. The Balaban J connectivity index is 1.67. The van der Waals surface area contributed by atoms with E-state index in [1.165, 1.54) is 0 Å². The van der Waals surface area contributed by atoms with E-state index in [0.29, 0.717) is 25.9 Å². The van der Waals surface area contributed by atoms with Crippen LogP contribution in [-0.4, -0.2) is 35.9 Å². The average molecular weight is 292 g/mol. The third kappa shape index (κ3) is 4.75. The number of nitrogens with one attached hydrogen (secondary N) is 2. The van der Waals surface area contributed by atoms with Crippen molar-refractivity contribution in [2.24, 2.45) is 0 Å². The monoisotopic (exact) mass is 292 g/mol. The van der Waals surface area contributed by atoms with Crippen molar-refractivity contribution in [3.05, 3.63) is 35.4 Å². The molecule has 6 heteroatoms. The summed E-state index contributed by atoms with van der Waals surface area (Å²) >= 11 is 0. The molecule has 0 aliphatic carbocycles. The fourth-order valence-corrected chi connectivity index (χ4v) is 2.31. The van der Waals surface area contributed by atoms with Crippen molar-refractivity contribution in [1.82, 2.24) is 10.6 Å². The van der Waals surface area contributed by atoms with Crippen molar-refractivity contribution in [2.75, 3.05) is 6.54 Å². The first kappa shape index (κ1) is 15.3. The fraction of sp³-hybridized carbons (Fsp3) is 0.467. The summed E-state index contributed by atoms with van der Waals surface area (Å²) in [5.74, 6) is -0.943. The highest BCUT2D eigenvalue weighted by atomic mass is 16.5. The van der Waals surface area contributed by atoms with Gasteiger partial charge in [-0.15, -0.1) is 0 Å². The van der Waals surface area contributed by atoms with Crippen LogP contribution in [0.4, 0.5) is 4.79 Å². The third-order valence-corrected chi connectivity index (χ3v) is 3.41. The molecule has 1 saturated heterocycles. The predicted molar refractivity (Wildman–Crippen MR) is 76.9 cm³/mol. The lowest BCUT2D eigenvalue weighted by Crippen LogP contribution is -2.39. The molecule has 0 saturated carbocycles. The van der Waals surface area contributed by atoms with Crippen LogP contribution in [-0.2, 0) is 16.1 Å². The highest BCUT2D eigenvalue weighted by Crippen LogP contribution is 2.19. The number of urea groups is 1. The van der Waals surface area contributed by atoms with Crippen LogP contribution >= 0.6 is 0 Å². The van der Waals surface area contributed by atoms with Gasteiger partial charge in [0, 0.05) is 13.1 Å². The lowest BCUT2D eigenvalue weighted by molar-refractivity contribution is -0.149. The van der Waals surface area contributed by atoms with Gasteiger partial charge in [0.25, 0.3) is 0 Å². The van der Waals surface area contributed by atoms with Crippen molar-refractivity contribution in [3.63, 3.8) is 0 Å². The third-order valence-electron chi connectivity index (χ3n) is 3.41. The molecule has 1 aromatic rings. The van der Waals surface area contributed by atoms with E-state index < -0.39 is 12.1 Å². The van der Waals surface area contributed by atoms with Crippen molar-refractivity contribution in [1.29, 1.82) is 0 Å². The first-order valence-electron chi connectivity index (χ1n) is 7.00. The molecule has 1 aromatic carbocycles. The summed E-state index contributed by atoms with van der Waals surface area (Å²) in [6.45, 7) is 2.78. The Hall–Kier alpha value is -2.08. The van der Waals surface area contributed by atoms with E-state index in [1.807, 2.05) is 31.2 Å². The van der Waals surface area contributed by atoms with E-state index in [-0.39, 0.29) is 12.1 Å². The topological polar surface area (TPSA) is 87.7 Å². The van der Waals surface area contributed by atoms with Crippen molar-refractivity contribution in [2.45, 2.75) is 38.5 Å². The number of rotatable bonds is 5. The number of hydrogen-bond acceptors (Lipinski definition) is 3. The van der Waals surface area contributed by atoms with Crippen LogP contribution in [0.1, 0.15) is 24.0 Å². The minimum atomic E-state index is -0.943. The quantitative estimate of drug-likeness (QED) is 0.766. The fourth-order valence-electron chi connectivity index (χ4n) is 2.31.